The van der Waals surface area contributed by atoms with E-state index in [9.17, 15) is 0 Å². The molecule has 2 heterocycles. The Morgan fingerprint density at radius 3 is 1.82 bits per heavy atom. The summed E-state index contributed by atoms with van der Waals surface area (Å²) in [4.78, 5) is 4.90. The highest BCUT2D eigenvalue weighted by Crippen LogP contribution is 2.37. The van der Waals surface area contributed by atoms with Gasteiger partial charge in [-0.1, -0.05) is 42.5 Å². The van der Waals surface area contributed by atoms with Gasteiger partial charge in [0.25, 0.3) is 0 Å². The fourth-order valence-electron chi connectivity index (χ4n) is 4.66. The molecule has 138 valence electrons. The van der Waals surface area contributed by atoms with E-state index < -0.39 is 0 Å². The molecule has 0 aliphatic rings. The molecule has 0 unspecified atom stereocenters. The largest absolute Gasteiger partial charge is 0.292 e. The van der Waals surface area contributed by atoms with E-state index in [1.165, 1.54) is 60.8 Å². The number of rotatable bonds is 1. The Morgan fingerprint density at radius 2 is 1.14 bits per heavy atom. The Balaban J connectivity index is 2.03. The molecule has 28 heavy (non-hydrogen) atoms. The highest BCUT2D eigenvalue weighted by atomic mass is 15.0. The number of hydrogen-bond acceptors (Lipinski definition) is 1. The summed E-state index contributed by atoms with van der Waals surface area (Å²) in [6, 6.07) is 17.2. The Morgan fingerprint density at radius 1 is 0.607 bits per heavy atom. The summed E-state index contributed by atoms with van der Waals surface area (Å²) in [5.41, 5.74) is 11.6. The van der Waals surface area contributed by atoms with Crippen LogP contribution in [0.25, 0.3) is 38.6 Å². The van der Waals surface area contributed by atoms with Crippen LogP contribution in [0.4, 0.5) is 0 Å². The Kier molecular flexibility index (Phi) is 3.60. The van der Waals surface area contributed by atoms with Crippen LogP contribution in [0.15, 0.2) is 54.7 Å². The van der Waals surface area contributed by atoms with E-state index in [1.54, 1.807) is 0 Å². The number of imidazole rings is 1. The van der Waals surface area contributed by atoms with Crippen LogP contribution < -0.4 is 0 Å². The second-order valence-electron chi connectivity index (χ2n) is 7.87. The van der Waals surface area contributed by atoms with Gasteiger partial charge in [0.2, 0.25) is 0 Å². The summed E-state index contributed by atoms with van der Waals surface area (Å²) < 4.78 is 2.35. The first kappa shape index (κ1) is 17.0. The van der Waals surface area contributed by atoms with Gasteiger partial charge >= 0.3 is 0 Å². The minimum absolute atomic E-state index is 1.03. The second-order valence-corrected chi connectivity index (χ2v) is 7.87. The van der Waals surface area contributed by atoms with Crippen LogP contribution in [0.3, 0.4) is 0 Å². The normalized spacial score (nSPS) is 11.8. The first-order chi connectivity index (χ1) is 13.5. The second kappa shape index (κ2) is 5.93. The van der Waals surface area contributed by atoms with Crippen molar-refractivity contribution in [1.82, 2.24) is 9.38 Å². The summed E-state index contributed by atoms with van der Waals surface area (Å²) in [7, 11) is 0. The smallest absolute Gasteiger partial charge is 0.145 e. The number of para-hydroxylation sites is 1. The number of aromatic nitrogens is 2. The average molecular weight is 364 g/mol. The maximum atomic E-state index is 4.90. The predicted molar refractivity (Wildman–Crippen MR) is 119 cm³/mol. The van der Waals surface area contributed by atoms with E-state index in [0.29, 0.717) is 0 Å². The zero-order chi connectivity index (χ0) is 19.6. The van der Waals surface area contributed by atoms with E-state index in [2.05, 4.69) is 93.7 Å². The maximum Gasteiger partial charge on any atom is 0.145 e. The van der Waals surface area contributed by atoms with E-state index >= 15 is 0 Å². The third-order valence-corrected chi connectivity index (χ3v) is 6.62. The fraction of sp³-hybridized carbons (Fsp3) is 0.192. The van der Waals surface area contributed by atoms with Gasteiger partial charge < -0.3 is 0 Å². The first-order valence-corrected chi connectivity index (χ1v) is 9.85. The summed E-state index contributed by atoms with van der Waals surface area (Å²) in [5, 5.41) is 3.72. The quantitative estimate of drug-likeness (QED) is 0.297. The highest BCUT2D eigenvalue weighted by molar-refractivity contribution is 6.12. The molecule has 0 spiro atoms. The van der Waals surface area contributed by atoms with Gasteiger partial charge in [0.15, 0.2) is 0 Å². The molecule has 3 aromatic carbocycles. The molecule has 0 N–H and O–H groups in total. The molecule has 0 aliphatic heterocycles. The number of fused-ring (bicyclic) bond motifs is 6. The SMILES string of the molecule is Cc1c(C)c(C)c(-c2cnc3c4ccccc4c4ccccc4n23)c(C)c1C. The molecular weight excluding hydrogens is 340 g/mol. The molecule has 0 aliphatic carbocycles. The molecule has 0 bridgehead atoms. The van der Waals surface area contributed by atoms with Crippen LogP contribution in [0.2, 0.25) is 0 Å². The number of pyridine rings is 1. The van der Waals surface area contributed by atoms with Gasteiger partial charge in [0, 0.05) is 16.3 Å². The van der Waals surface area contributed by atoms with Gasteiger partial charge in [0.1, 0.15) is 5.65 Å². The number of nitrogens with zero attached hydrogens (tertiary/aromatic N) is 2. The zero-order valence-corrected chi connectivity index (χ0v) is 17.1. The monoisotopic (exact) mass is 364 g/mol. The van der Waals surface area contributed by atoms with Crippen molar-refractivity contribution < 1.29 is 0 Å². The first-order valence-electron chi connectivity index (χ1n) is 9.85. The van der Waals surface area contributed by atoms with Gasteiger partial charge in [-0.2, -0.15) is 0 Å². The zero-order valence-electron chi connectivity index (χ0n) is 17.1. The number of hydrogen-bond donors (Lipinski definition) is 0. The molecule has 0 amide bonds. The van der Waals surface area contributed by atoms with E-state index in [4.69, 9.17) is 4.98 Å². The van der Waals surface area contributed by atoms with E-state index in [1.807, 2.05) is 0 Å². The lowest BCUT2D eigenvalue weighted by Gasteiger charge is -2.19. The molecule has 5 rings (SSSR count). The van der Waals surface area contributed by atoms with Crippen LogP contribution >= 0.6 is 0 Å². The van der Waals surface area contributed by atoms with Gasteiger partial charge in [-0.15, -0.1) is 0 Å². The van der Waals surface area contributed by atoms with Crippen LogP contribution in [0.1, 0.15) is 27.8 Å². The van der Waals surface area contributed by atoms with Crippen molar-refractivity contribution in [2.75, 3.05) is 0 Å². The maximum absolute atomic E-state index is 4.90. The lowest BCUT2D eigenvalue weighted by atomic mass is 9.88. The summed E-state index contributed by atoms with van der Waals surface area (Å²) in [5.74, 6) is 0. The van der Waals surface area contributed by atoms with Crippen LogP contribution in [0.5, 0.6) is 0 Å². The molecule has 5 aromatic rings. The third-order valence-electron chi connectivity index (χ3n) is 6.62. The van der Waals surface area contributed by atoms with Gasteiger partial charge in [0.05, 0.1) is 17.4 Å². The van der Waals surface area contributed by atoms with Crippen molar-refractivity contribution in [1.29, 1.82) is 0 Å². The molecule has 0 fully saturated rings. The van der Waals surface area contributed by atoms with Crippen molar-refractivity contribution in [2.45, 2.75) is 34.6 Å². The topological polar surface area (TPSA) is 17.3 Å². The molecule has 2 nitrogen and oxygen atoms in total. The molecule has 0 saturated heterocycles. The lowest BCUT2D eigenvalue weighted by Crippen LogP contribution is -2.02. The molecular formula is C26H24N2. The Hall–Kier alpha value is -3.13. The molecule has 0 saturated carbocycles. The summed E-state index contributed by atoms with van der Waals surface area (Å²) >= 11 is 0. The van der Waals surface area contributed by atoms with Crippen LogP contribution in [0, 0.1) is 34.6 Å². The highest BCUT2D eigenvalue weighted by Gasteiger charge is 2.19. The van der Waals surface area contributed by atoms with Crippen molar-refractivity contribution in [3.63, 3.8) is 0 Å². The van der Waals surface area contributed by atoms with Crippen molar-refractivity contribution in [3.8, 4) is 11.3 Å². The van der Waals surface area contributed by atoms with E-state index in [-0.39, 0.29) is 0 Å². The summed E-state index contributed by atoms with van der Waals surface area (Å²) in [6.07, 6.45) is 2.05. The standard InChI is InChI=1S/C26H24N2/c1-15-16(2)18(4)25(19(5)17(15)3)24-14-27-26-22-12-7-6-10-20(22)21-11-8-9-13-23(21)28(24)26/h6-14H,1-5H3. The van der Waals surface area contributed by atoms with Crippen molar-refractivity contribution in [2.24, 2.45) is 0 Å². The molecule has 0 atom stereocenters. The lowest BCUT2D eigenvalue weighted by molar-refractivity contribution is 1.16. The minimum atomic E-state index is 1.03. The fourth-order valence-corrected chi connectivity index (χ4v) is 4.66. The predicted octanol–water partition coefficient (Wildman–Crippen LogP) is 6.85. The average Bonchev–Trinajstić information content (AvgIpc) is 3.16. The minimum Gasteiger partial charge on any atom is -0.292 e. The van der Waals surface area contributed by atoms with Gasteiger partial charge in [-0.3, -0.25) is 4.40 Å². The van der Waals surface area contributed by atoms with E-state index in [0.717, 1.165) is 5.65 Å². The van der Waals surface area contributed by atoms with Crippen molar-refractivity contribution >= 4 is 27.3 Å². The molecule has 2 heteroatoms. The Bertz CT molecular complexity index is 1370. The third kappa shape index (κ3) is 2.12. The Labute approximate surface area is 165 Å². The summed E-state index contributed by atoms with van der Waals surface area (Å²) in [6.45, 7) is 11.2. The van der Waals surface area contributed by atoms with Crippen molar-refractivity contribution in [3.05, 3.63) is 82.5 Å². The van der Waals surface area contributed by atoms with Crippen LogP contribution in [-0.2, 0) is 0 Å². The van der Waals surface area contributed by atoms with Gasteiger partial charge in [-0.05, 0) is 73.9 Å². The number of benzene rings is 3. The van der Waals surface area contributed by atoms with Crippen LogP contribution in [-0.4, -0.2) is 9.38 Å². The molecule has 2 aromatic heterocycles. The van der Waals surface area contributed by atoms with Gasteiger partial charge in [-0.25, -0.2) is 4.98 Å². The molecule has 0 radical (unpaired) electrons.